The van der Waals surface area contributed by atoms with Gasteiger partial charge in [0.1, 0.15) is 0 Å². The Kier molecular flexibility index (Phi) is 4.92. The number of aryl methyl sites for hydroxylation is 1. The summed E-state index contributed by atoms with van der Waals surface area (Å²) in [5.74, 6) is 0. The van der Waals surface area contributed by atoms with Crippen molar-refractivity contribution in [3.63, 3.8) is 0 Å². The van der Waals surface area contributed by atoms with E-state index in [9.17, 15) is 8.42 Å². The quantitative estimate of drug-likeness (QED) is 0.481. The van der Waals surface area contributed by atoms with E-state index in [4.69, 9.17) is 0 Å². The van der Waals surface area contributed by atoms with E-state index in [1.54, 1.807) is 12.1 Å². The molecular formula is C24H28N4O2S. The maximum Gasteiger partial charge on any atom is 0.240 e. The average Bonchev–Trinajstić information content (AvgIpc) is 3.52. The molecule has 0 radical (unpaired) electrons. The first-order valence-corrected chi connectivity index (χ1v) is 12.2. The third kappa shape index (κ3) is 3.46. The Hall–Kier alpha value is -2.61. The van der Waals surface area contributed by atoms with E-state index in [0.717, 1.165) is 47.9 Å². The van der Waals surface area contributed by atoms with Gasteiger partial charge in [-0.15, -0.1) is 0 Å². The fourth-order valence-electron chi connectivity index (χ4n) is 4.87. The van der Waals surface area contributed by atoms with Gasteiger partial charge in [-0.2, -0.15) is 0 Å². The largest absolute Gasteiger partial charge is 0.361 e. The predicted molar refractivity (Wildman–Crippen MR) is 125 cm³/mol. The molecule has 0 aliphatic carbocycles. The monoisotopic (exact) mass is 436 g/mol. The summed E-state index contributed by atoms with van der Waals surface area (Å²) in [5.41, 5.74) is 2.69. The Balaban J connectivity index is 1.52. The summed E-state index contributed by atoms with van der Waals surface area (Å²) in [5, 5.41) is 2.17. The van der Waals surface area contributed by atoms with E-state index in [1.165, 1.54) is 5.39 Å². The lowest BCUT2D eigenvalue weighted by Crippen LogP contribution is -2.50. The van der Waals surface area contributed by atoms with Crippen LogP contribution in [0, 0.1) is 0 Å². The molecular weight excluding hydrogens is 408 g/mol. The van der Waals surface area contributed by atoms with Crippen molar-refractivity contribution in [2.75, 3.05) is 19.6 Å². The van der Waals surface area contributed by atoms with Gasteiger partial charge in [0.15, 0.2) is 0 Å². The molecule has 162 valence electrons. The number of H-pyrrole nitrogens is 1. The molecule has 3 heterocycles. The van der Waals surface area contributed by atoms with Crippen molar-refractivity contribution in [1.82, 2.24) is 19.2 Å². The number of sulfonamides is 1. The van der Waals surface area contributed by atoms with Gasteiger partial charge < -0.3 is 9.55 Å². The van der Waals surface area contributed by atoms with Gasteiger partial charge in [-0.05, 0) is 68.1 Å². The third-order valence-electron chi connectivity index (χ3n) is 6.72. The second-order valence-electron chi connectivity index (χ2n) is 8.69. The Bertz CT molecular complexity index is 1350. The van der Waals surface area contributed by atoms with Crippen LogP contribution in [0.15, 0.2) is 65.8 Å². The minimum atomic E-state index is -3.65. The highest BCUT2D eigenvalue weighted by atomic mass is 32.2. The molecule has 4 aromatic rings. The van der Waals surface area contributed by atoms with Gasteiger partial charge in [-0.1, -0.05) is 24.3 Å². The zero-order valence-corrected chi connectivity index (χ0v) is 18.7. The normalized spacial score (nSPS) is 17.5. The minimum absolute atomic E-state index is 0.282. The molecule has 0 amide bonds. The molecule has 1 aliphatic heterocycles. The van der Waals surface area contributed by atoms with Crippen molar-refractivity contribution in [1.29, 1.82) is 0 Å². The second-order valence-corrected chi connectivity index (χ2v) is 10.5. The van der Waals surface area contributed by atoms with Crippen LogP contribution in [0.4, 0.5) is 0 Å². The number of hydrogen-bond acceptors (Lipinski definition) is 3. The van der Waals surface area contributed by atoms with E-state index >= 15 is 0 Å². The highest BCUT2D eigenvalue weighted by Gasteiger charge is 2.38. The standard InChI is InChI=1S/C24H28N4O2S/c1-24(28-13-5-6-14-28,21-16-27(2)23-8-4-3-7-20(21)23)17-26-31(29,30)19-10-9-18-11-12-25-22(18)15-19/h3-4,7-12,15-16,25-26H,5-6,13-14,17H2,1-2H3/t24-/m1/s1. The molecule has 1 aliphatic rings. The van der Waals surface area contributed by atoms with Gasteiger partial charge >= 0.3 is 0 Å². The first-order chi connectivity index (χ1) is 14.9. The predicted octanol–water partition coefficient (Wildman–Crippen LogP) is 3.95. The maximum atomic E-state index is 13.2. The van der Waals surface area contributed by atoms with Gasteiger partial charge in [-0.3, -0.25) is 4.90 Å². The van der Waals surface area contributed by atoms with Gasteiger partial charge in [-0.25, -0.2) is 13.1 Å². The van der Waals surface area contributed by atoms with Crippen LogP contribution in [0.3, 0.4) is 0 Å². The van der Waals surface area contributed by atoms with Crippen LogP contribution in [0.5, 0.6) is 0 Å². The SMILES string of the molecule is Cn1cc([C@@](C)(CNS(=O)(=O)c2ccc3cc[nH]c3c2)N2CCCC2)c2ccccc21. The number of aromatic nitrogens is 2. The number of benzene rings is 2. The number of likely N-dealkylation sites (tertiary alicyclic amines) is 1. The Morgan fingerprint density at radius 2 is 1.87 bits per heavy atom. The molecule has 2 aromatic heterocycles. The molecule has 31 heavy (non-hydrogen) atoms. The van der Waals surface area contributed by atoms with E-state index in [0.29, 0.717) is 6.54 Å². The molecule has 0 spiro atoms. The van der Waals surface area contributed by atoms with Crippen molar-refractivity contribution >= 4 is 31.8 Å². The summed E-state index contributed by atoms with van der Waals surface area (Å²) in [6.45, 7) is 4.41. The van der Waals surface area contributed by atoms with Crippen LogP contribution in [-0.2, 0) is 22.6 Å². The molecule has 5 rings (SSSR count). The molecule has 1 saturated heterocycles. The number of nitrogens with one attached hydrogen (secondary N) is 2. The Morgan fingerprint density at radius 3 is 2.68 bits per heavy atom. The van der Waals surface area contributed by atoms with Crippen molar-refractivity contribution in [3.05, 3.63) is 66.5 Å². The van der Waals surface area contributed by atoms with Gasteiger partial charge in [0.05, 0.1) is 10.4 Å². The maximum absolute atomic E-state index is 13.2. The van der Waals surface area contributed by atoms with E-state index < -0.39 is 15.6 Å². The van der Waals surface area contributed by atoms with Crippen LogP contribution < -0.4 is 4.72 Å². The molecule has 7 heteroatoms. The lowest BCUT2D eigenvalue weighted by molar-refractivity contribution is 0.140. The third-order valence-corrected chi connectivity index (χ3v) is 8.12. The zero-order chi connectivity index (χ0) is 21.6. The summed E-state index contributed by atoms with van der Waals surface area (Å²) in [7, 11) is -1.60. The van der Waals surface area contributed by atoms with Crippen LogP contribution >= 0.6 is 0 Å². The fourth-order valence-corrected chi connectivity index (χ4v) is 6.03. The van der Waals surface area contributed by atoms with Crippen molar-refractivity contribution in [3.8, 4) is 0 Å². The van der Waals surface area contributed by atoms with Crippen molar-refractivity contribution in [2.45, 2.75) is 30.2 Å². The summed E-state index contributed by atoms with van der Waals surface area (Å²) in [6, 6.07) is 15.5. The number of aromatic amines is 1. The smallest absolute Gasteiger partial charge is 0.240 e. The lowest BCUT2D eigenvalue weighted by Gasteiger charge is -2.39. The highest BCUT2D eigenvalue weighted by Crippen LogP contribution is 2.37. The number of nitrogens with zero attached hydrogens (tertiary/aromatic N) is 2. The van der Waals surface area contributed by atoms with Gasteiger partial charge in [0.2, 0.25) is 10.0 Å². The molecule has 0 saturated carbocycles. The average molecular weight is 437 g/mol. The van der Waals surface area contributed by atoms with E-state index in [-0.39, 0.29) is 4.90 Å². The van der Waals surface area contributed by atoms with Crippen LogP contribution in [0.1, 0.15) is 25.3 Å². The number of hydrogen-bond donors (Lipinski definition) is 2. The summed E-state index contributed by atoms with van der Waals surface area (Å²) < 4.78 is 31.5. The number of rotatable bonds is 6. The molecule has 2 N–H and O–H groups in total. The van der Waals surface area contributed by atoms with Gasteiger partial charge in [0.25, 0.3) is 0 Å². The molecule has 1 atom stereocenters. The summed E-state index contributed by atoms with van der Waals surface area (Å²) >= 11 is 0. The van der Waals surface area contributed by atoms with Crippen molar-refractivity contribution < 1.29 is 8.42 Å². The van der Waals surface area contributed by atoms with E-state index in [1.807, 2.05) is 37.5 Å². The Morgan fingerprint density at radius 1 is 1.10 bits per heavy atom. The molecule has 0 unspecified atom stereocenters. The van der Waals surface area contributed by atoms with Crippen LogP contribution in [0.2, 0.25) is 0 Å². The second kappa shape index (κ2) is 7.51. The minimum Gasteiger partial charge on any atom is -0.361 e. The molecule has 0 bridgehead atoms. The zero-order valence-electron chi connectivity index (χ0n) is 17.9. The van der Waals surface area contributed by atoms with Crippen LogP contribution in [-0.4, -0.2) is 42.5 Å². The van der Waals surface area contributed by atoms with Crippen molar-refractivity contribution in [2.24, 2.45) is 7.05 Å². The summed E-state index contributed by atoms with van der Waals surface area (Å²) in [4.78, 5) is 5.80. The van der Waals surface area contributed by atoms with Crippen LogP contribution in [0.25, 0.3) is 21.8 Å². The molecule has 6 nitrogen and oxygen atoms in total. The molecule has 2 aromatic carbocycles. The van der Waals surface area contributed by atoms with Gasteiger partial charge in [0, 0.05) is 42.4 Å². The lowest BCUT2D eigenvalue weighted by atomic mass is 9.90. The van der Waals surface area contributed by atoms with E-state index in [2.05, 4.69) is 44.4 Å². The highest BCUT2D eigenvalue weighted by molar-refractivity contribution is 7.89. The Labute approximate surface area is 182 Å². The first kappa shape index (κ1) is 20.3. The molecule has 1 fully saturated rings. The summed E-state index contributed by atoms with van der Waals surface area (Å²) in [6.07, 6.45) is 6.24. The first-order valence-electron chi connectivity index (χ1n) is 10.7. The number of para-hydroxylation sites is 1. The number of fused-ring (bicyclic) bond motifs is 2. The fraction of sp³-hybridized carbons (Fsp3) is 0.333. The topological polar surface area (TPSA) is 70.1 Å².